The van der Waals surface area contributed by atoms with Gasteiger partial charge in [0.05, 0.1) is 11.0 Å². The molecule has 1 aliphatic rings. The summed E-state index contributed by atoms with van der Waals surface area (Å²) in [6.07, 6.45) is 3.91. The van der Waals surface area contributed by atoms with E-state index in [9.17, 15) is 18.0 Å². The van der Waals surface area contributed by atoms with E-state index < -0.39 is 15.9 Å². The first kappa shape index (κ1) is 21.4. The first-order valence-electron chi connectivity index (χ1n) is 9.72. The maximum absolute atomic E-state index is 12.7. The second-order valence-corrected chi connectivity index (χ2v) is 9.54. The molecule has 2 rings (SSSR count). The van der Waals surface area contributed by atoms with Crippen LogP contribution in [-0.2, 0) is 19.4 Å². The number of carbonyl (C=O) groups is 2. The van der Waals surface area contributed by atoms with Gasteiger partial charge in [-0.2, -0.15) is 0 Å². The van der Waals surface area contributed by atoms with Crippen LogP contribution in [-0.4, -0.2) is 48.7 Å². The van der Waals surface area contributed by atoms with Gasteiger partial charge in [-0.15, -0.1) is 0 Å². The van der Waals surface area contributed by atoms with Crippen molar-refractivity contribution in [2.24, 2.45) is 0 Å². The standard InChI is InChI=1S/C20H30N2O4S/c1-3-14-22(16(2)20(24)21-17-9-5-4-6-10-17)19(23)13-15-27(25,26)18-11-7-8-12-18/h4-6,9-10,16,18H,3,7-8,11-15H2,1-2H3,(H,21,24). The number of hydrogen-bond acceptors (Lipinski definition) is 4. The Labute approximate surface area is 162 Å². The normalized spacial score (nSPS) is 16.1. The van der Waals surface area contributed by atoms with Crippen LogP contribution in [0, 0.1) is 0 Å². The van der Waals surface area contributed by atoms with Gasteiger partial charge in [0.1, 0.15) is 6.04 Å². The average Bonchev–Trinajstić information content (AvgIpc) is 3.20. The summed E-state index contributed by atoms with van der Waals surface area (Å²) in [7, 11) is -3.25. The lowest BCUT2D eigenvalue weighted by atomic mass is 10.2. The molecule has 0 spiro atoms. The largest absolute Gasteiger partial charge is 0.331 e. The molecule has 1 unspecified atom stereocenters. The number of nitrogens with one attached hydrogen (secondary N) is 1. The van der Waals surface area contributed by atoms with E-state index in [-0.39, 0.29) is 29.2 Å². The van der Waals surface area contributed by atoms with Crippen molar-refractivity contribution >= 4 is 27.3 Å². The maximum Gasteiger partial charge on any atom is 0.246 e. The lowest BCUT2D eigenvalue weighted by Crippen LogP contribution is -2.46. The zero-order valence-electron chi connectivity index (χ0n) is 16.2. The molecule has 0 heterocycles. The molecule has 0 aliphatic heterocycles. The Hall–Kier alpha value is -1.89. The highest BCUT2D eigenvalue weighted by Crippen LogP contribution is 2.25. The highest BCUT2D eigenvalue weighted by atomic mass is 32.2. The van der Waals surface area contributed by atoms with E-state index in [1.165, 1.54) is 4.90 Å². The molecular weight excluding hydrogens is 364 g/mol. The van der Waals surface area contributed by atoms with Crippen LogP contribution >= 0.6 is 0 Å². The molecule has 0 aromatic heterocycles. The smallest absolute Gasteiger partial charge is 0.246 e. The number of hydrogen-bond donors (Lipinski definition) is 1. The molecule has 1 saturated carbocycles. The number of benzene rings is 1. The van der Waals surface area contributed by atoms with Crippen molar-refractivity contribution in [2.75, 3.05) is 17.6 Å². The van der Waals surface area contributed by atoms with Crippen LogP contribution in [0.4, 0.5) is 5.69 Å². The molecule has 1 aromatic rings. The third-order valence-corrected chi connectivity index (χ3v) is 7.34. The fourth-order valence-electron chi connectivity index (χ4n) is 3.47. The van der Waals surface area contributed by atoms with Crippen LogP contribution < -0.4 is 5.32 Å². The second kappa shape index (κ2) is 9.88. The van der Waals surface area contributed by atoms with Crippen molar-refractivity contribution in [2.45, 2.75) is 63.7 Å². The first-order valence-corrected chi connectivity index (χ1v) is 11.4. The molecular formula is C20H30N2O4S. The quantitative estimate of drug-likeness (QED) is 0.698. The summed E-state index contributed by atoms with van der Waals surface area (Å²) < 4.78 is 24.8. The predicted octanol–water partition coefficient (Wildman–Crippen LogP) is 3.00. The van der Waals surface area contributed by atoms with Crippen molar-refractivity contribution in [3.8, 4) is 0 Å². The lowest BCUT2D eigenvalue weighted by Gasteiger charge is -2.28. The van der Waals surface area contributed by atoms with Crippen molar-refractivity contribution in [3.05, 3.63) is 30.3 Å². The first-order chi connectivity index (χ1) is 12.8. The Morgan fingerprint density at radius 2 is 1.81 bits per heavy atom. The van der Waals surface area contributed by atoms with Gasteiger partial charge in [0.2, 0.25) is 11.8 Å². The number of carbonyl (C=O) groups excluding carboxylic acids is 2. The Morgan fingerprint density at radius 1 is 1.19 bits per heavy atom. The molecule has 150 valence electrons. The van der Waals surface area contributed by atoms with Gasteiger partial charge in [-0.25, -0.2) is 8.42 Å². The molecule has 1 aliphatic carbocycles. The molecule has 27 heavy (non-hydrogen) atoms. The van der Waals surface area contributed by atoms with Crippen LogP contribution in [0.3, 0.4) is 0 Å². The Bertz CT molecular complexity index is 728. The van der Waals surface area contributed by atoms with Gasteiger partial charge in [-0.1, -0.05) is 38.0 Å². The summed E-state index contributed by atoms with van der Waals surface area (Å²) in [5, 5.41) is 2.50. The molecule has 0 radical (unpaired) electrons. The number of anilines is 1. The van der Waals surface area contributed by atoms with Crippen molar-refractivity contribution in [3.63, 3.8) is 0 Å². The van der Waals surface area contributed by atoms with Crippen LogP contribution in [0.1, 0.15) is 52.4 Å². The fourth-order valence-corrected chi connectivity index (χ4v) is 5.32. The van der Waals surface area contributed by atoms with E-state index in [1.807, 2.05) is 25.1 Å². The lowest BCUT2D eigenvalue weighted by molar-refractivity contribution is -0.137. The van der Waals surface area contributed by atoms with Gasteiger partial charge in [0, 0.05) is 18.7 Å². The summed E-state index contributed by atoms with van der Waals surface area (Å²) in [6.45, 7) is 4.03. The molecule has 1 N–H and O–H groups in total. The third-order valence-electron chi connectivity index (χ3n) is 5.08. The molecule has 2 amide bonds. The van der Waals surface area contributed by atoms with Gasteiger partial charge < -0.3 is 10.2 Å². The minimum Gasteiger partial charge on any atom is -0.331 e. The van der Waals surface area contributed by atoms with Crippen LogP contribution in [0.2, 0.25) is 0 Å². The fraction of sp³-hybridized carbons (Fsp3) is 0.600. The summed E-state index contributed by atoms with van der Waals surface area (Å²) in [6, 6.07) is 8.41. The summed E-state index contributed by atoms with van der Waals surface area (Å²) in [4.78, 5) is 26.7. The van der Waals surface area contributed by atoms with Gasteiger partial charge in [-0.3, -0.25) is 9.59 Å². The third kappa shape index (κ3) is 6.06. The molecule has 1 aromatic carbocycles. The van der Waals surface area contributed by atoms with E-state index >= 15 is 0 Å². The van der Waals surface area contributed by atoms with E-state index in [0.717, 1.165) is 12.8 Å². The van der Waals surface area contributed by atoms with Crippen molar-refractivity contribution < 1.29 is 18.0 Å². The minimum atomic E-state index is -3.25. The van der Waals surface area contributed by atoms with E-state index in [0.29, 0.717) is 31.5 Å². The number of nitrogens with zero attached hydrogens (tertiary/aromatic N) is 1. The molecule has 0 bridgehead atoms. The SMILES string of the molecule is CCCN(C(=O)CCS(=O)(=O)C1CCCC1)C(C)C(=O)Nc1ccccc1. The number of sulfone groups is 1. The Morgan fingerprint density at radius 3 is 2.41 bits per heavy atom. The van der Waals surface area contributed by atoms with Crippen LogP contribution in [0.15, 0.2) is 30.3 Å². The van der Waals surface area contributed by atoms with E-state index in [2.05, 4.69) is 5.32 Å². The molecule has 1 atom stereocenters. The van der Waals surface area contributed by atoms with E-state index in [1.54, 1.807) is 19.1 Å². The zero-order chi connectivity index (χ0) is 19.9. The second-order valence-electron chi connectivity index (χ2n) is 7.14. The van der Waals surface area contributed by atoms with Crippen molar-refractivity contribution in [1.82, 2.24) is 4.90 Å². The monoisotopic (exact) mass is 394 g/mol. The summed E-state index contributed by atoms with van der Waals surface area (Å²) in [5.74, 6) is -0.695. The molecule has 6 nitrogen and oxygen atoms in total. The predicted molar refractivity (Wildman–Crippen MR) is 107 cm³/mol. The van der Waals surface area contributed by atoms with Crippen molar-refractivity contribution in [1.29, 1.82) is 0 Å². The molecule has 0 saturated heterocycles. The molecule has 1 fully saturated rings. The van der Waals surface area contributed by atoms with Crippen LogP contribution in [0.5, 0.6) is 0 Å². The highest BCUT2D eigenvalue weighted by Gasteiger charge is 2.31. The Kier molecular flexibility index (Phi) is 7.83. The minimum absolute atomic E-state index is 0.0677. The number of rotatable bonds is 9. The number of para-hydroxylation sites is 1. The topological polar surface area (TPSA) is 83.6 Å². The Balaban J connectivity index is 1.97. The van der Waals surface area contributed by atoms with Gasteiger partial charge in [0.25, 0.3) is 0 Å². The molecule has 7 heteroatoms. The van der Waals surface area contributed by atoms with E-state index in [4.69, 9.17) is 0 Å². The highest BCUT2D eigenvalue weighted by molar-refractivity contribution is 7.92. The summed E-state index contributed by atoms with van der Waals surface area (Å²) in [5.41, 5.74) is 0.669. The van der Waals surface area contributed by atoms with Gasteiger partial charge in [-0.05, 0) is 38.3 Å². The zero-order valence-corrected chi connectivity index (χ0v) is 17.0. The summed E-state index contributed by atoms with van der Waals surface area (Å²) >= 11 is 0. The maximum atomic E-state index is 12.7. The van der Waals surface area contributed by atoms with Gasteiger partial charge in [0.15, 0.2) is 9.84 Å². The average molecular weight is 395 g/mol. The van der Waals surface area contributed by atoms with Crippen LogP contribution in [0.25, 0.3) is 0 Å². The van der Waals surface area contributed by atoms with Gasteiger partial charge >= 0.3 is 0 Å². The number of amides is 2.